The number of aryl methyl sites for hydroxylation is 1. The van der Waals surface area contributed by atoms with Gasteiger partial charge >= 0.3 is 0 Å². The molecule has 1 amide bonds. The molecule has 0 aliphatic carbocycles. The highest BCUT2D eigenvalue weighted by Gasteiger charge is 2.19. The molecular formula is C13H21Cl2N3O. The average Bonchev–Trinajstić information content (AvgIpc) is 2.38. The smallest absolute Gasteiger partial charge is 0.236 e. The second kappa shape index (κ2) is 8.25. The minimum Gasteiger partial charge on any atom is -0.368 e. The lowest BCUT2D eigenvalue weighted by molar-refractivity contribution is -0.129. The van der Waals surface area contributed by atoms with Gasteiger partial charge in [-0.3, -0.25) is 4.79 Å². The number of halogens is 2. The molecule has 1 aliphatic rings. The molecule has 0 spiro atoms. The van der Waals surface area contributed by atoms with Gasteiger partial charge in [0.05, 0.1) is 6.54 Å². The minimum atomic E-state index is 0. The Labute approximate surface area is 126 Å². The van der Waals surface area contributed by atoms with E-state index in [0.29, 0.717) is 0 Å². The summed E-state index contributed by atoms with van der Waals surface area (Å²) in [5, 5.41) is 0. The van der Waals surface area contributed by atoms with Gasteiger partial charge in [0.25, 0.3) is 0 Å². The fraction of sp³-hybridized carbons (Fsp3) is 0.462. The number of hydrogen-bond donors (Lipinski definition) is 1. The number of amides is 1. The summed E-state index contributed by atoms with van der Waals surface area (Å²) in [6.45, 7) is 5.51. The minimum absolute atomic E-state index is 0. The van der Waals surface area contributed by atoms with Crippen molar-refractivity contribution in [2.75, 3.05) is 37.6 Å². The van der Waals surface area contributed by atoms with Crippen molar-refractivity contribution in [3.8, 4) is 0 Å². The van der Waals surface area contributed by atoms with Gasteiger partial charge in [0, 0.05) is 31.9 Å². The molecule has 0 unspecified atom stereocenters. The quantitative estimate of drug-likeness (QED) is 0.899. The molecule has 2 rings (SSSR count). The van der Waals surface area contributed by atoms with E-state index in [2.05, 4.69) is 36.1 Å². The van der Waals surface area contributed by atoms with Crippen LogP contribution in [-0.2, 0) is 4.79 Å². The number of rotatable bonds is 2. The van der Waals surface area contributed by atoms with E-state index in [0.717, 1.165) is 26.2 Å². The summed E-state index contributed by atoms with van der Waals surface area (Å²) < 4.78 is 0. The molecule has 1 saturated heterocycles. The normalized spacial score (nSPS) is 14.4. The van der Waals surface area contributed by atoms with Gasteiger partial charge in [0.15, 0.2) is 0 Å². The first-order valence-corrected chi connectivity index (χ1v) is 6.00. The molecule has 108 valence electrons. The Kier molecular flexibility index (Phi) is 7.83. The first-order chi connectivity index (χ1) is 8.20. The van der Waals surface area contributed by atoms with Gasteiger partial charge in [-0.2, -0.15) is 0 Å². The van der Waals surface area contributed by atoms with Crippen LogP contribution >= 0.6 is 24.8 Å². The van der Waals surface area contributed by atoms with Gasteiger partial charge < -0.3 is 15.5 Å². The maximum absolute atomic E-state index is 11.4. The third kappa shape index (κ3) is 4.56. The fourth-order valence-electron chi connectivity index (χ4n) is 2.17. The van der Waals surface area contributed by atoms with E-state index >= 15 is 0 Å². The number of anilines is 1. The van der Waals surface area contributed by atoms with E-state index < -0.39 is 0 Å². The summed E-state index contributed by atoms with van der Waals surface area (Å²) in [4.78, 5) is 15.6. The number of nitrogens with two attached hydrogens (primary N) is 1. The van der Waals surface area contributed by atoms with Crippen LogP contribution in [-0.4, -0.2) is 43.5 Å². The van der Waals surface area contributed by atoms with Crippen LogP contribution in [0.25, 0.3) is 0 Å². The maximum atomic E-state index is 11.4. The number of nitrogens with zero attached hydrogens (tertiary/aromatic N) is 2. The molecule has 0 saturated carbocycles. The van der Waals surface area contributed by atoms with Crippen molar-refractivity contribution < 1.29 is 4.79 Å². The van der Waals surface area contributed by atoms with Crippen molar-refractivity contribution in [1.29, 1.82) is 0 Å². The molecule has 1 aliphatic heterocycles. The summed E-state index contributed by atoms with van der Waals surface area (Å²) in [5.41, 5.74) is 7.87. The molecule has 1 heterocycles. The van der Waals surface area contributed by atoms with Crippen molar-refractivity contribution in [3.05, 3.63) is 29.8 Å². The van der Waals surface area contributed by atoms with Crippen molar-refractivity contribution in [2.24, 2.45) is 5.73 Å². The van der Waals surface area contributed by atoms with Crippen molar-refractivity contribution in [3.63, 3.8) is 0 Å². The van der Waals surface area contributed by atoms with E-state index in [1.165, 1.54) is 11.3 Å². The van der Waals surface area contributed by atoms with Crippen LogP contribution in [0, 0.1) is 6.92 Å². The van der Waals surface area contributed by atoms with Gasteiger partial charge in [-0.15, -0.1) is 24.8 Å². The van der Waals surface area contributed by atoms with Crippen molar-refractivity contribution in [1.82, 2.24) is 4.90 Å². The lowest BCUT2D eigenvalue weighted by atomic mass is 10.2. The summed E-state index contributed by atoms with van der Waals surface area (Å²) in [7, 11) is 0. The lowest BCUT2D eigenvalue weighted by Crippen LogP contribution is -2.50. The zero-order chi connectivity index (χ0) is 12.3. The largest absolute Gasteiger partial charge is 0.368 e. The third-order valence-corrected chi connectivity index (χ3v) is 3.17. The Morgan fingerprint density at radius 3 is 2.37 bits per heavy atom. The Morgan fingerprint density at radius 1 is 1.21 bits per heavy atom. The molecule has 19 heavy (non-hydrogen) atoms. The topological polar surface area (TPSA) is 49.6 Å². The van der Waals surface area contributed by atoms with Crippen LogP contribution in [0.15, 0.2) is 24.3 Å². The number of carbonyl (C=O) groups is 1. The van der Waals surface area contributed by atoms with Crippen LogP contribution in [0.2, 0.25) is 0 Å². The molecule has 1 aromatic carbocycles. The van der Waals surface area contributed by atoms with Gasteiger partial charge in [-0.1, -0.05) is 12.1 Å². The van der Waals surface area contributed by atoms with E-state index in [4.69, 9.17) is 5.73 Å². The van der Waals surface area contributed by atoms with E-state index in [-0.39, 0.29) is 37.3 Å². The van der Waals surface area contributed by atoms with E-state index in [1.807, 2.05) is 4.90 Å². The highest BCUT2D eigenvalue weighted by Crippen LogP contribution is 2.17. The van der Waals surface area contributed by atoms with Gasteiger partial charge in [-0.05, 0) is 24.6 Å². The molecule has 0 aromatic heterocycles. The lowest BCUT2D eigenvalue weighted by Gasteiger charge is -2.36. The highest BCUT2D eigenvalue weighted by atomic mass is 35.5. The fourth-order valence-corrected chi connectivity index (χ4v) is 2.17. The first kappa shape index (κ1) is 18.0. The van der Waals surface area contributed by atoms with Crippen LogP contribution in [0.4, 0.5) is 5.69 Å². The molecular weight excluding hydrogens is 285 g/mol. The SMILES string of the molecule is Cc1cccc(N2CCN(C(=O)CN)CC2)c1.Cl.Cl. The van der Waals surface area contributed by atoms with Gasteiger partial charge in [0.2, 0.25) is 5.91 Å². The van der Waals surface area contributed by atoms with Crippen LogP contribution < -0.4 is 10.6 Å². The Hall–Kier alpha value is -0.970. The number of benzene rings is 1. The molecule has 0 radical (unpaired) electrons. The van der Waals surface area contributed by atoms with Crippen molar-refractivity contribution in [2.45, 2.75) is 6.92 Å². The average molecular weight is 306 g/mol. The molecule has 0 atom stereocenters. The molecule has 2 N–H and O–H groups in total. The van der Waals surface area contributed by atoms with E-state index in [9.17, 15) is 4.79 Å². The summed E-state index contributed by atoms with van der Waals surface area (Å²) in [6, 6.07) is 8.47. The van der Waals surface area contributed by atoms with Crippen LogP contribution in [0.1, 0.15) is 5.56 Å². The van der Waals surface area contributed by atoms with Gasteiger partial charge in [0.1, 0.15) is 0 Å². The van der Waals surface area contributed by atoms with Gasteiger partial charge in [-0.25, -0.2) is 0 Å². The Morgan fingerprint density at radius 2 is 1.84 bits per heavy atom. The zero-order valence-corrected chi connectivity index (χ0v) is 12.7. The summed E-state index contributed by atoms with van der Waals surface area (Å²) >= 11 is 0. The number of hydrogen-bond acceptors (Lipinski definition) is 3. The molecule has 6 heteroatoms. The second-order valence-corrected chi connectivity index (χ2v) is 4.41. The molecule has 1 aromatic rings. The Balaban J connectivity index is 0.00000162. The monoisotopic (exact) mass is 305 g/mol. The van der Waals surface area contributed by atoms with Crippen LogP contribution in [0.3, 0.4) is 0 Å². The standard InChI is InChI=1S/C13H19N3O.2ClH/c1-11-3-2-4-12(9-11)15-5-7-16(8-6-15)13(17)10-14;;/h2-4,9H,5-8,10,14H2,1H3;2*1H. The molecule has 4 nitrogen and oxygen atoms in total. The third-order valence-electron chi connectivity index (χ3n) is 3.17. The molecule has 0 bridgehead atoms. The highest BCUT2D eigenvalue weighted by molar-refractivity contribution is 5.85. The second-order valence-electron chi connectivity index (χ2n) is 4.41. The number of carbonyl (C=O) groups excluding carboxylic acids is 1. The first-order valence-electron chi connectivity index (χ1n) is 6.00. The maximum Gasteiger partial charge on any atom is 0.236 e. The Bertz CT molecular complexity index is 407. The predicted octanol–water partition coefficient (Wildman–Crippen LogP) is 1.45. The van der Waals surface area contributed by atoms with Crippen LogP contribution in [0.5, 0.6) is 0 Å². The summed E-state index contributed by atoms with van der Waals surface area (Å²) in [6.07, 6.45) is 0. The zero-order valence-electron chi connectivity index (χ0n) is 11.0. The predicted molar refractivity (Wildman–Crippen MR) is 83.5 cm³/mol. The summed E-state index contributed by atoms with van der Waals surface area (Å²) in [5.74, 6) is 0.0499. The number of piperazine rings is 1. The molecule has 1 fully saturated rings. The van der Waals surface area contributed by atoms with E-state index in [1.54, 1.807) is 0 Å². The van der Waals surface area contributed by atoms with Crippen molar-refractivity contribution >= 4 is 36.4 Å².